The van der Waals surface area contributed by atoms with Gasteiger partial charge in [-0.25, -0.2) is 4.79 Å². The molecule has 0 radical (unpaired) electrons. The zero-order chi connectivity index (χ0) is 21.3. The van der Waals surface area contributed by atoms with Crippen LogP contribution in [0.1, 0.15) is 0 Å². The van der Waals surface area contributed by atoms with Crippen molar-refractivity contribution in [2.75, 3.05) is 36.5 Å². The summed E-state index contributed by atoms with van der Waals surface area (Å²) in [5, 5.41) is 14.2. The molecule has 0 bridgehead atoms. The van der Waals surface area contributed by atoms with Crippen molar-refractivity contribution in [3.63, 3.8) is 0 Å². The molecule has 1 aliphatic heterocycles. The molecule has 1 aromatic heterocycles. The van der Waals surface area contributed by atoms with Crippen molar-refractivity contribution < 1.29 is 18.9 Å². The van der Waals surface area contributed by atoms with E-state index >= 15 is 0 Å². The number of oxazole rings is 1. The first-order valence-corrected chi connectivity index (χ1v) is 9.50. The molecule has 0 spiro atoms. The molecule has 30 heavy (non-hydrogen) atoms. The quantitative estimate of drug-likeness (QED) is 0.486. The van der Waals surface area contributed by atoms with Crippen molar-refractivity contribution in [3.8, 4) is 0 Å². The van der Waals surface area contributed by atoms with Gasteiger partial charge < -0.3 is 19.4 Å². The molecule has 4 rings (SSSR count). The largest absolute Gasteiger partial charge is 0.420 e. The van der Waals surface area contributed by atoms with E-state index in [4.69, 9.17) is 20.8 Å². The lowest BCUT2D eigenvalue weighted by Gasteiger charge is -2.31. The van der Waals surface area contributed by atoms with Crippen LogP contribution in [0.15, 0.2) is 45.6 Å². The van der Waals surface area contributed by atoms with Gasteiger partial charge in [0, 0.05) is 19.2 Å². The molecule has 1 saturated heterocycles. The van der Waals surface area contributed by atoms with Crippen LogP contribution >= 0.6 is 11.6 Å². The van der Waals surface area contributed by atoms with E-state index in [1.165, 1.54) is 12.1 Å². The van der Waals surface area contributed by atoms with Gasteiger partial charge in [0.2, 0.25) is 5.91 Å². The molecule has 10 nitrogen and oxygen atoms in total. The number of nitro groups is 1. The summed E-state index contributed by atoms with van der Waals surface area (Å²) >= 11 is 6.37. The molecule has 0 unspecified atom stereocenters. The Labute approximate surface area is 174 Å². The van der Waals surface area contributed by atoms with Gasteiger partial charge in [0.05, 0.1) is 46.1 Å². The molecule has 0 aliphatic carbocycles. The topological polar surface area (TPSA) is 120 Å². The van der Waals surface area contributed by atoms with Gasteiger partial charge in [0.25, 0.3) is 5.69 Å². The van der Waals surface area contributed by atoms with Crippen molar-refractivity contribution in [3.05, 3.63) is 62.1 Å². The number of nitro benzene ring substituents is 1. The number of non-ortho nitro benzene ring substituents is 1. The van der Waals surface area contributed by atoms with Crippen LogP contribution in [-0.4, -0.2) is 41.7 Å². The average Bonchev–Trinajstić information content (AvgIpc) is 3.03. The van der Waals surface area contributed by atoms with Crippen molar-refractivity contribution in [1.82, 2.24) is 4.57 Å². The Kier molecular flexibility index (Phi) is 5.42. The lowest BCUT2D eigenvalue weighted by Crippen LogP contribution is -2.37. The highest BCUT2D eigenvalue weighted by molar-refractivity contribution is 6.34. The van der Waals surface area contributed by atoms with Crippen molar-refractivity contribution in [2.45, 2.75) is 6.54 Å². The van der Waals surface area contributed by atoms with E-state index in [0.29, 0.717) is 48.2 Å². The van der Waals surface area contributed by atoms with Crippen molar-refractivity contribution in [1.29, 1.82) is 0 Å². The molecule has 2 heterocycles. The van der Waals surface area contributed by atoms with Gasteiger partial charge in [0.15, 0.2) is 5.58 Å². The highest BCUT2D eigenvalue weighted by Crippen LogP contribution is 2.34. The predicted molar refractivity (Wildman–Crippen MR) is 110 cm³/mol. The van der Waals surface area contributed by atoms with Crippen molar-refractivity contribution in [2.24, 2.45) is 0 Å². The van der Waals surface area contributed by atoms with E-state index in [1.54, 1.807) is 18.2 Å². The second-order valence-electron chi connectivity index (χ2n) is 6.65. The zero-order valence-corrected chi connectivity index (χ0v) is 16.4. The van der Waals surface area contributed by atoms with E-state index in [2.05, 4.69) is 5.32 Å². The first kappa shape index (κ1) is 19.9. The van der Waals surface area contributed by atoms with Crippen molar-refractivity contribution >= 4 is 45.7 Å². The van der Waals surface area contributed by atoms with Crippen LogP contribution in [0.4, 0.5) is 17.1 Å². The number of amides is 1. The first-order chi connectivity index (χ1) is 14.4. The number of halogens is 1. The van der Waals surface area contributed by atoms with Crippen LogP contribution in [0, 0.1) is 10.1 Å². The Morgan fingerprint density at radius 1 is 1.23 bits per heavy atom. The Hall–Kier alpha value is -3.37. The number of carbonyl (C=O) groups excluding carboxylic acids is 1. The summed E-state index contributed by atoms with van der Waals surface area (Å²) < 4.78 is 11.5. The number of benzene rings is 2. The first-order valence-electron chi connectivity index (χ1n) is 9.13. The fraction of sp³-hybridized carbons (Fsp3) is 0.263. The van der Waals surface area contributed by atoms with Crippen LogP contribution in [0.3, 0.4) is 0 Å². The molecular weight excluding hydrogens is 416 g/mol. The van der Waals surface area contributed by atoms with E-state index in [0.717, 1.165) is 10.6 Å². The fourth-order valence-corrected chi connectivity index (χ4v) is 3.67. The number of anilines is 2. The van der Waals surface area contributed by atoms with Crippen LogP contribution in [0.25, 0.3) is 11.1 Å². The molecular formula is C19H17ClN4O6. The third-order valence-electron chi connectivity index (χ3n) is 4.75. The van der Waals surface area contributed by atoms with Gasteiger partial charge in [-0.3, -0.25) is 19.5 Å². The minimum atomic E-state index is -0.778. The number of hydrogen-bond acceptors (Lipinski definition) is 7. The summed E-state index contributed by atoms with van der Waals surface area (Å²) in [6.07, 6.45) is 0. The van der Waals surface area contributed by atoms with E-state index in [-0.39, 0.29) is 17.8 Å². The second-order valence-corrected chi connectivity index (χ2v) is 7.05. The number of aromatic nitrogens is 1. The fourth-order valence-electron chi connectivity index (χ4n) is 3.38. The summed E-state index contributed by atoms with van der Waals surface area (Å²) in [7, 11) is 0. The number of morpholine rings is 1. The number of nitrogens with zero attached hydrogens (tertiary/aromatic N) is 3. The molecule has 0 saturated carbocycles. The SMILES string of the molecule is O=C(Cn1c(=O)oc2cc([N+](=O)[O-])ccc21)Nc1cccc(Cl)c1N1CCOCC1. The van der Waals surface area contributed by atoms with Gasteiger partial charge in [-0.05, 0) is 18.2 Å². The molecule has 2 aromatic carbocycles. The number of rotatable bonds is 5. The minimum Gasteiger partial charge on any atom is -0.407 e. The molecule has 3 aromatic rings. The van der Waals surface area contributed by atoms with Crippen LogP contribution < -0.4 is 16.0 Å². The molecule has 11 heteroatoms. The van der Waals surface area contributed by atoms with Gasteiger partial charge in [-0.15, -0.1) is 0 Å². The highest BCUT2D eigenvalue weighted by atomic mass is 35.5. The highest BCUT2D eigenvalue weighted by Gasteiger charge is 2.20. The smallest absolute Gasteiger partial charge is 0.407 e. The molecule has 0 atom stereocenters. The molecule has 1 N–H and O–H groups in total. The van der Waals surface area contributed by atoms with Gasteiger partial charge in [-0.1, -0.05) is 17.7 Å². The number of ether oxygens (including phenoxy) is 1. The van der Waals surface area contributed by atoms with Gasteiger partial charge >= 0.3 is 5.76 Å². The lowest BCUT2D eigenvalue weighted by molar-refractivity contribution is -0.384. The third kappa shape index (κ3) is 3.87. The minimum absolute atomic E-state index is 0.0405. The van der Waals surface area contributed by atoms with Crippen LogP contribution in [-0.2, 0) is 16.1 Å². The summed E-state index contributed by atoms with van der Waals surface area (Å²) in [5.41, 5.74) is 1.34. The normalized spacial score (nSPS) is 14.1. The van der Waals surface area contributed by atoms with E-state index in [9.17, 15) is 19.7 Å². The van der Waals surface area contributed by atoms with E-state index in [1.807, 2.05) is 4.90 Å². The predicted octanol–water partition coefficient (Wildman–Crippen LogP) is 2.63. The average molecular weight is 433 g/mol. The number of para-hydroxylation sites is 1. The molecule has 1 aliphatic rings. The maximum absolute atomic E-state index is 12.7. The Morgan fingerprint density at radius 3 is 2.73 bits per heavy atom. The van der Waals surface area contributed by atoms with Crippen LogP contribution in [0.5, 0.6) is 0 Å². The number of carbonyl (C=O) groups is 1. The summed E-state index contributed by atoms with van der Waals surface area (Å²) in [6.45, 7) is 2.06. The summed E-state index contributed by atoms with van der Waals surface area (Å²) in [6, 6.07) is 8.97. The standard InChI is InChI=1S/C19H17ClN4O6/c20-13-2-1-3-14(18(13)22-6-8-29-9-7-22)21-17(25)11-23-15-5-4-12(24(27)28)10-16(15)30-19(23)26/h1-5,10H,6-9,11H2,(H,21,25). The maximum atomic E-state index is 12.7. The third-order valence-corrected chi connectivity index (χ3v) is 5.06. The van der Waals surface area contributed by atoms with E-state index < -0.39 is 16.6 Å². The van der Waals surface area contributed by atoms with Gasteiger partial charge in [-0.2, -0.15) is 0 Å². The summed E-state index contributed by atoms with van der Waals surface area (Å²) in [4.78, 5) is 37.2. The Morgan fingerprint density at radius 2 is 2.00 bits per heavy atom. The Balaban J connectivity index is 1.59. The number of hydrogen-bond donors (Lipinski definition) is 1. The van der Waals surface area contributed by atoms with Crippen LogP contribution in [0.2, 0.25) is 5.02 Å². The second kappa shape index (κ2) is 8.17. The lowest BCUT2D eigenvalue weighted by atomic mass is 10.2. The maximum Gasteiger partial charge on any atom is 0.420 e. The molecule has 156 valence electrons. The number of fused-ring (bicyclic) bond motifs is 1. The Bertz CT molecular complexity index is 1180. The molecule has 1 amide bonds. The monoisotopic (exact) mass is 432 g/mol. The number of nitrogens with one attached hydrogen (secondary N) is 1. The summed E-state index contributed by atoms with van der Waals surface area (Å²) in [5.74, 6) is -1.24. The van der Waals surface area contributed by atoms with Gasteiger partial charge in [0.1, 0.15) is 6.54 Å². The zero-order valence-electron chi connectivity index (χ0n) is 15.7. The molecule has 1 fully saturated rings.